The summed E-state index contributed by atoms with van der Waals surface area (Å²) in [7, 11) is 0. The largest absolute Gasteiger partial charge is 0.367 e. The number of nitrogens with one attached hydrogen (secondary N) is 1. The number of fused-ring (bicyclic) bond motifs is 1. The highest BCUT2D eigenvalue weighted by molar-refractivity contribution is 5.92. The van der Waals surface area contributed by atoms with Gasteiger partial charge in [-0.05, 0) is 31.1 Å². The van der Waals surface area contributed by atoms with Crippen LogP contribution < -0.4 is 5.32 Å². The number of rotatable bonds is 4. The van der Waals surface area contributed by atoms with Gasteiger partial charge in [0.25, 0.3) is 0 Å². The molecule has 3 rings (SSSR count). The van der Waals surface area contributed by atoms with Crippen LogP contribution in [0.25, 0.3) is 10.8 Å². The minimum absolute atomic E-state index is 0.480. The zero-order chi connectivity index (χ0) is 13.5. The van der Waals surface area contributed by atoms with Crippen LogP contribution in [0.1, 0.15) is 32.4 Å². The van der Waals surface area contributed by atoms with Gasteiger partial charge in [-0.25, -0.2) is 0 Å². The van der Waals surface area contributed by atoms with E-state index in [1.165, 1.54) is 23.6 Å². The summed E-state index contributed by atoms with van der Waals surface area (Å²) < 4.78 is 0. The maximum absolute atomic E-state index is 4.34. The lowest BCUT2D eigenvalue weighted by Gasteiger charge is -2.20. The van der Waals surface area contributed by atoms with Crippen molar-refractivity contribution in [2.45, 2.75) is 33.6 Å². The fourth-order valence-electron chi connectivity index (χ4n) is 2.75. The molecule has 0 spiro atoms. The van der Waals surface area contributed by atoms with Crippen molar-refractivity contribution in [1.29, 1.82) is 0 Å². The van der Waals surface area contributed by atoms with E-state index in [0.717, 1.165) is 24.0 Å². The third-order valence-electron chi connectivity index (χ3n) is 4.60. The van der Waals surface area contributed by atoms with E-state index in [9.17, 15) is 0 Å². The summed E-state index contributed by atoms with van der Waals surface area (Å²) in [6.07, 6.45) is 2.66. The minimum atomic E-state index is 0.480. The first kappa shape index (κ1) is 12.4. The molecule has 0 bridgehead atoms. The van der Waals surface area contributed by atoms with E-state index < -0.39 is 0 Å². The van der Waals surface area contributed by atoms with Gasteiger partial charge >= 0.3 is 0 Å². The van der Waals surface area contributed by atoms with Crippen LogP contribution in [0.5, 0.6) is 0 Å². The topological polar surface area (TPSA) is 37.8 Å². The fourth-order valence-corrected chi connectivity index (χ4v) is 2.75. The second-order valence-electron chi connectivity index (χ2n) is 6.05. The average molecular weight is 255 g/mol. The SMILES string of the molecule is Cc1nnc(NCC2(C(C)C)CC2)c2ccccc12. The number of aryl methyl sites for hydroxylation is 1. The molecule has 3 heteroatoms. The van der Waals surface area contributed by atoms with Crippen molar-refractivity contribution in [2.24, 2.45) is 11.3 Å². The summed E-state index contributed by atoms with van der Waals surface area (Å²) in [5.41, 5.74) is 1.47. The lowest BCUT2D eigenvalue weighted by Crippen LogP contribution is -2.21. The lowest BCUT2D eigenvalue weighted by atomic mass is 9.92. The Bertz CT molecular complexity index is 600. The van der Waals surface area contributed by atoms with E-state index in [1.807, 2.05) is 6.92 Å². The van der Waals surface area contributed by atoms with Crippen molar-refractivity contribution >= 4 is 16.6 Å². The van der Waals surface area contributed by atoms with E-state index in [1.54, 1.807) is 0 Å². The van der Waals surface area contributed by atoms with Gasteiger partial charge in [0.1, 0.15) is 0 Å². The van der Waals surface area contributed by atoms with E-state index >= 15 is 0 Å². The molecule has 19 heavy (non-hydrogen) atoms. The zero-order valence-electron chi connectivity index (χ0n) is 11.9. The van der Waals surface area contributed by atoms with Crippen LogP contribution in [-0.4, -0.2) is 16.7 Å². The Morgan fingerprint density at radius 1 is 1.16 bits per heavy atom. The normalized spacial score (nSPS) is 16.8. The Hall–Kier alpha value is -1.64. The third kappa shape index (κ3) is 2.18. The van der Waals surface area contributed by atoms with Crippen molar-refractivity contribution in [3.63, 3.8) is 0 Å². The highest BCUT2D eigenvalue weighted by Gasteiger charge is 2.45. The van der Waals surface area contributed by atoms with Crippen molar-refractivity contribution in [3.8, 4) is 0 Å². The smallest absolute Gasteiger partial charge is 0.156 e. The number of benzene rings is 1. The van der Waals surface area contributed by atoms with Crippen LogP contribution in [0.3, 0.4) is 0 Å². The molecule has 1 aromatic heterocycles. The highest BCUT2D eigenvalue weighted by Crippen LogP contribution is 2.51. The second kappa shape index (κ2) is 4.48. The maximum atomic E-state index is 4.34. The predicted octanol–water partition coefficient (Wildman–Crippen LogP) is 3.79. The Balaban J connectivity index is 1.88. The van der Waals surface area contributed by atoms with Gasteiger partial charge in [0.05, 0.1) is 5.69 Å². The standard InChI is InChI=1S/C16H21N3/c1-11(2)16(8-9-16)10-17-15-14-7-5-4-6-13(14)12(3)18-19-15/h4-7,11H,8-10H2,1-3H3,(H,17,19). The maximum Gasteiger partial charge on any atom is 0.156 e. The van der Waals surface area contributed by atoms with Gasteiger partial charge in [0, 0.05) is 17.3 Å². The Morgan fingerprint density at radius 2 is 1.84 bits per heavy atom. The number of hydrogen-bond donors (Lipinski definition) is 1. The second-order valence-corrected chi connectivity index (χ2v) is 6.05. The first-order valence-electron chi connectivity index (χ1n) is 7.08. The van der Waals surface area contributed by atoms with E-state index in [2.05, 4.69) is 53.6 Å². The zero-order valence-corrected chi connectivity index (χ0v) is 11.9. The molecule has 1 N–H and O–H groups in total. The van der Waals surface area contributed by atoms with E-state index in [-0.39, 0.29) is 0 Å². The van der Waals surface area contributed by atoms with Gasteiger partial charge in [-0.2, -0.15) is 5.10 Å². The number of anilines is 1. The molecule has 1 heterocycles. The van der Waals surface area contributed by atoms with Crippen LogP contribution in [0.2, 0.25) is 0 Å². The number of aromatic nitrogens is 2. The Labute approximate surface area is 114 Å². The van der Waals surface area contributed by atoms with Crippen LogP contribution in [0, 0.1) is 18.3 Å². The molecular weight excluding hydrogens is 234 g/mol. The van der Waals surface area contributed by atoms with Crippen molar-refractivity contribution in [2.75, 3.05) is 11.9 Å². The quantitative estimate of drug-likeness (QED) is 0.903. The van der Waals surface area contributed by atoms with Crippen molar-refractivity contribution < 1.29 is 0 Å². The first-order chi connectivity index (χ1) is 9.12. The number of hydrogen-bond acceptors (Lipinski definition) is 3. The van der Waals surface area contributed by atoms with E-state index in [4.69, 9.17) is 0 Å². The van der Waals surface area contributed by atoms with E-state index in [0.29, 0.717) is 5.41 Å². The summed E-state index contributed by atoms with van der Waals surface area (Å²) in [4.78, 5) is 0. The lowest BCUT2D eigenvalue weighted by molar-refractivity contribution is 0.380. The summed E-state index contributed by atoms with van der Waals surface area (Å²) in [5.74, 6) is 1.65. The van der Waals surface area contributed by atoms with Gasteiger partial charge in [0.15, 0.2) is 5.82 Å². The summed E-state index contributed by atoms with van der Waals surface area (Å²) >= 11 is 0. The monoisotopic (exact) mass is 255 g/mol. The van der Waals surface area contributed by atoms with Gasteiger partial charge in [0.2, 0.25) is 0 Å². The Morgan fingerprint density at radius 3 is 2.47 bits per heavy atom. The molecule has 1 aromatic carbocycles. The molecule has 0 radical (unpaired) electrons. The summed E-state index contributed by atoms with van der Waals surface area (Å²) in [5, 5.41) is 14.5. The first-order valence-corrected chi connectivity index (χ1v) is 7.08. The van der Waals surface area contributed by atoms with Crippen LogP contribution in [0.4, 0.5) is 5.82 Å². The molecule has 1 fully saturated rings. The molecule has 0 saturated heterocycles. The summed E-state index contributed by atoms with van der Waals surface area (Å²) in [6.45, 7) is 7.64. The van der Waals surface area contributed by atoms with Crippen LogP contribution in [0.15, 0.2) is 24.3 Å². The van der Waals surface area contributed by atoms with Crippen LogP contribution >= 0.6 is 0 Å². The molecule has 1 saturated carbocycles. The van der Waals surface area contributed by atoms with Gasteiger partial charge in [-0.15, -0.1) is 5.10 Å². The molecule has 1 aliphatic rings. The van der Waals surface area contributed by atoms with Gasteiger partial charge < -0.3 is 5.32 Å². The van der Waals surface area contributed by atoms with Crippen molar-refractivity contribution in [1.82, 2.24) is 10.2 Å². The Kier molecular flexibility index (Phi) is 2.92. The van der Waals surface area contributed by atoms with Gasteiger partial charge in [-0.3, -0.25) is 0 Å². The molecule has 2 aromatic rings. The third-order valence-corrected chi connectivity index (χ3v) is 4.60. The minimum Gasteiger partial charge on any atom is -0.367 e. The van der Waals surface area contributed by atoms with Crippen molar-refractivity contribution in [3.05, 3.63) is 30.0 Å². The molecule has 0 amide bonds. The number of nitrogens with zero attached hydrogens (tertiary/aromatic N) is 2. The fraction of sp³-hybridized carbons (Fsp3) is 0.500. The molecule has 3 nitrogen and oxygen atoms in total. The van der Waals surface area contributed by atoms with Crippen LogP contribution in [-0.2, 0) is 0 Å². The average Bonchev–Trinajstić information content (AvgIpc) is 3.20. The molecule has 0 atom stereocenters. The molecule has 100 valence electrons. The van der Waals surface area contributed by atoms with Gasteiger partial charge in [-0.1, -0.05) is 38.1 Å². The summed E-state index contributed by atoms with van der Waals surface area (Å²) in [6, 6.07) is 8.34. The molecular formula is C16H21N3. The molecule has 0 unspecified atom stereocenters. The molecule has 0 aliphatic heterocycles. The highest BCUT2D eigenvalue weighted by atomic mass is 15.2. The predicted molar refractivity (Wildman–Crippen MR) is 79.3 cm³/mol. The molecule has 1 aliphatic carbocycles.